The zero-order valence-electron chi connectivity index (χ0n) is 15.6. The van der Waals surface area contributed by atoms with E-state index >= 15 is 0 Å². The van der Waals surface area contributed by atoms with Crippen LogP contribution in [-0.2, 0) is 23.1 Å². The third-order valence-electron chi connectivity index (χ3n) is 5.54. The molecule has 142 valence electrons. The largest absolute Gasteiger partial charge is 0.497 e. The molecule has 7 heteroatoms. The SMILES string of the molecule is COc1cccc(NC(=O)[C@H]2Cc3c(ncn3C)N(C3CCCC3)C2=O)c1. The molecule has 2 heterocycles. The summed E-state index contributed by atoms with van der Waals surface area (Å²) in [7, 11) is 3.49. The van der Waals surface area contributed by atoms with Crippen molar-refractivity contribution in [3.05, 3.63) is 36.3 Å². The lowest BCUT2D eigenvalue weighted by atomic mass is 9.94. The lowest BCUT2D eigenvalue weighted by Gasteiger charge is -2.35. The van der Waals surface area contributed by atoms with E-state index in [1.165, 1.54) is 0 Å². The Balaban J connectivity index is 1.61. The van der Waals surface area contributed by atoms with E-state index in [-0.39, 0.29) is 17.9 Å². The summed E-state index contributed by atoms with van der Waals surface area (Å²) in [5.41, 5.74) is 1.56. The van der Waals surface area contributed by atoms with Gasteiger partial charge in [-0.05, 0) is 25.0 Å². The normalized spacial score (nSPS) is 19.9. The van der Waals surface area contributed by atoms with Crippen LogP contribution in [0, 0.1) is 5.92 Å². The van der Waals surface area contributed by atoms with E-state index < -0.39 is 5.92 Å². The average Bonchev–Trinajstić information content (AvgIpc) is 3.32. The van der Waals surface area contributed by atoms with E-state index in [4.69, 9.17) is 4.74 Å². The van der Waals surface area contributed by atoms with E-state index in [1.807, 2.05) is 17.7 Å². The highest BCUT2D eigenvalue weighted by Gasteiger charge is 2.43. The Hall–Kier alpha value is -2.83. The maximum atomic E-state index is 13.2. The van der Waals surface area contributed by atoms with Crippen LogP contribution in [0.4, 0.5) is 11.5 Å². The Morgan fingerprint density at radius 2 is 2.07 bits per heavy atom. The van der Waals surface area contributed by atoms with Gasteiger partial charge in [-0.1, -0.05) is 18.9 Å². The molecule has 1 aliphatic carbocycles. The molecule has 0 saturated heterocycles. The number of carbonyl (C=O) groups excluding carboxylic acids is 2. The molecule has 1 aromatic carbocycles. The Labute approximate surface area is 158 Å². The molecule has 1 N–H and O–H groups in total. The van der Waals surface area contributed by atoms with Crippen molar-refractivity contribution in [2.24, 2.45) is 13.0 Å². The number of nitrogens with zero attached hydrogens (tertiary/aromatic N) is 3. The summed E-state index contributed by atoms with van der Waals surface area (Å²) in [5.74, 6) is 0.195. The van der Waals surface area contributed by atoms with Gasteiger partial charge in [-0.3, -0.25) is 14.5 Å². The van der Waals surface area contributed by atoms with Crippen molar-refractivity contribution in [1.82, 2.24) is 9.55 Å². The predicted octanol–water partition coefficient (Wildman–Crippen LogP) is 2.52. The number of carbonyl (C=O) groups is 2. The van der Waals surface area contributed by atoms with E-state index in [0.717, 1.165) is 37.2 Å². The van der Waals surface area contributed by atoms with Gasteiger partial charge in [0.05, 0.1) is 19.1 Å². The van der Waals surface area contributed by atoms with Gasteiger partial charge >= 0.3 is 0 Å². The van der Waals surface area contributed by atoms with Gasteiger partial charge in [0, 0.05) is 31.3 Å². The molecule has 2 aromatic rings. The first-order valence-corrected chi connectivity index (χ1v) is 9.36. The summed E-state index contributed by atoms with van der Waals surface area (Å²) < 4.78 is 7.11. The number of aryl methyl sites for hydroxylation is 1. The maximum Gasteiger partial charge on any atom is 0.241 e. The van der Waals surface area contributed by atoms with Crippen molar-refractivity contribution < 1.29 is 14.3 Å². The lowest BCUT2D eigenvalue weighted by molar-refractivity contribution is -0.131. The number of imidazole rings is 1. The summed E-state index contributed by atoms with van der Waals surface area (Å²) in [6.45, 7) is 0. The smallest absolute Gasteiger partial charge is 0.241 e. The first kappa shape index (κ1) is 17.6. The topological polar surface area (TPSA) is 76.5 Å². The molecular weight excluding hydrogens is 344 g/mol. The number of nitrogens with one attached hydrogen (secondary N) is 1. The summed E-state index contributed by atoms with van der Waals surface area (Å²) in [6, 6.07) is 7.29. The fraction of sp³-hybridized carbons (Fsp3) is 0.450. The van der Waals surface area contributed by atoms with E-state index in [1.54, 1.807) is 36.5 Å². The Bertz CT molecular complexity index is 870. The van der Waals surface area contributed by atoms with Crippen LogP contribution in [-0.4, -0.2) is 34.5 Å². The monoisotopic (exact) mass is 368 g/mol. The predicted molar refractivity (Wildman–Crippen MR) is 102 cm³/mol. The molecule has 1 aliphatic heterocycles. The molecule has 1 atom stereocenters. The molecule has 2 aliphatic rings. The Kier molecular flexibility index (Phi) is 4.59. The van der Waals surface area contributed by atoms with Gasteiger partial charge in [-0.25, -0.2) is 4.98 Å². The van der Waals surface area contributed by atoms with Gasteiger partial charge in [0.15, 0.2) is 5.82 Å². The second-order valence-electron chi connectivity index (χ2n) is 7.25. The van der Waals surface area contributed by atoms with Crippen LogP contribution >= 0.6 is 0 Å². The molecule has 1 fully saturated rings. The van der Waals surface area contributed by atoms with Gasteiger partial charge in [-0.2, -0.15) is 0 Å². The average molecular weight is 368 g/mol. The first-order chi connectivity index (χ1) is 13.1. The van der Waals surface area contributed by atoms with Gasteiger partial charge in [-0.15, -0.1) is 0 Å². The molecule has 1 aromatic heterocycles. The fourth-order valence-electron chi connectivity index (χ4n) is 4.08. The van der Waals surface area contributed by atoms with Crippen LogP contribution in [0.15, 0.2) is 30.6 Å². The number of rotatable bonds is 4. The van der Waals surface area contributed by atoms with Crippen LogP contribution in [0.3, 0.4) is 0 Å². The summed E-state index contributed by atoms with van der Waals surface area (Å²) in [5, 5.41) is 2.87. The van der Waals surface area contributed by atoms with Crippen molar-refractivity contribution in [2.45, 2.75) is 38.1 Å². The van der Waals surface area contributed by atoms with Crippen LogP contribution in [0.25, 0.3) is 0 Å². The number of hydrogen-bond acceptors (Lipinski definition) is 4. The van der Waals surface area contributed by atoms with Crippen molar-refractivity contribution in [3.63, 3.8) is 0 Å². The molecule has 0 radical (unpaired) electrons. The van der Waals surface area contributed by atoms with Crippen molar-refractivity contribution >= 4 is 23.3 Å². The number of amides is 2. The first-order valence-electron chi connectivity index (χ1n) is 9.36. The number of aromatic nitrogens is 2. The molecule has 0 spiro atoms. The van der Waals surface area contributed by atoms with Crippen LogP contribution in [0.2, 0.25) is 0 Å². The maximum absolute atomic E-state index is 13.2. The fourth-order valence-corrected chi connectivity index (χ4v) is 4.08. The van der Waals surface area contributed by atoms with Gasteiger partial charge in [0.2, 0.25) is 11.8 Å². The van der Waals surface area contributed by atoms with E-state index in [9.17, 15) is 9.59 Å². The minimum Gasteiger partial charge on any atom is -0.497 e. The number of hydrogen-bond donors (Lipinski definition) is 1. The quantitative estimate of drug-likeness (QED) is 0.842. The highest BCUT2D eigenvalue weighted by Crippen LogP contribution is 2.36. The highest BCUT2D eigenvalue weighted by atomic mass is 16.5. The van der Waals surface area contributed by atoms with Gasteiger partial charge in [0.25, 0.3) is 0 Å². The zero-order valence-corrected chi connectivity index (χ0v) is 15.6. The van der Waals surface area contributed by atoms with Crippen molar-refractivity contribution in [2.75, 3.05) is 17.3 Å². The standard InChI is InChI=1S/C20H24N4O3/c1-23-12-21-18-17(23)11-16(20(26)24(18)14-7-3-4-8-14)19(25)22-13-6-5-9-15(10-13)27-2/h5-6,9-10,12,14,16H,3-4,7-8,11H2,1-2H3,(H,22,25)/t16-/m1/s1. The van der Waals surface area contributed by atoms with Crippen LogP contribution in [0.5, 0.6) is 5.75 Å². The number of anilines is 2. The molecule has 4 rings (SSSR count). The second-order valence-corrected chi connectivity index (χ2v) is 7.25. The van der Waals surface area contributed by atoms with E-state index in [0.29, 0.717) is 17.9 Å². The molecule has 27 heavy (non-hydrogen) atoms. The lowest BCUT2D eigenvalue weighted by Crippen LogP contribution is -2.50. The molecule has 7 nitrogen and oxygen atoms in total. The van der Waals surface area contributed by atoms with Crippen molar-refractivity contribution in [3.8, 4) is 5.75 Å². The summed E-state index contributed by atoms with van der Waals surface area (Å²) >= 11 is 0. The van der Waals surface area contributed by atoms with Crippen LogP contribution < -0.4 is 15.0 Å². The Morgan fingerprint density at radius 1 is 1.30 bits per heavy atom. The summed E-state index contributed by atoms with van der Waals surface area (Å²) in [4.78, 5) is 32.4. The summed E-state index contributed by atoms with van der Waals surface area (Å²) in [6.07, 6.45) is 6.23. The van der Waals surface area contributed by atoms with Gasteiger partial charge in [0.1, 0.15) is 11.7 Å². The minimum absolute atomic E-state index is 0.138. The zero-order chi connectivity index (χ0) is 19.0. The number of methoxy groups -OCH3 is 1. The number of ether oxygens (including phenoxy) is 1. The van der Waals surface area contributed by atoms with Crippen molar-refractivity contribution in [1.29, 1.82) is 0 Å². The third kappa shape index (κ3) is 3.18. The number of fused-ring (bicyclic) bond motifs is 1. The molecule has 2 amide bonds. The van der Waals surface area contributed by atoms with E-state index in [2.05, 4.69) is 10.3 Å². The molecule has 0 bridgehead atoms. The highest BCUT2D eigenvalue weighted by molar-refractivity contribution is 6.13. The molecule has 0 unspecified atom stereocenters. The van der Waals surface area contributed by atoms with Crippen LogP contribution in [0.1, 0.15) is 31.4 Å². The Morgan fingerprint density at radius 3 is 2.81 bits per heavy atom. The molecular formula is C20H24N4O3. The minimum atomic E-state index is -0.750. The second kappa shape index (κ2) is 7.06. The molecule has 1 saturated carbocycles. The van der Waals surface area contributed by atoms with Gasteiger partial charge < -0.3 is 14.6 Å². The number of benzene rings is 1. The third-order valence-corrected chi connectivity index (χ3v) is 5.54.